The number of carbonyl (C=O) groups is 4. The van der Waals surface area contributed by atoms with E-state index in [-0.39, 0.29) is 17.5 Å². The van der Waals surface area contributed by atoms with Crippen molar-refractivity contribution >= 4 is 41.3 Å². The third-order valence-electron chi connectivity index (χ3n) is 5.84. The molecule has 39 heavy (non-hydrogen) atoms. The van der Waals surface area contributed by atoms with E-state index < -0.39 is 11.8 Å². The lowest BCUT2D eigenvalue weighted by molar-refractivity contribution is -0.105. The van der Waals surface area contributed by atoms with Gasteiger partial charge in [0, 0.05) is 45.8 Å². The van der Waals surface area contributed by atoms with Crippen molar-refractivity contribution in [1.82, 2.24) is 28.9 Å². The summed E-state index contributed by atoms with van der Waals surface area (Å²) in [4.78, 5) is 55.6. The smallest absolute Gasteiger partial charge is 0.291 e. The fourth-order valence-corrected chi connectivity index (χ4v) is 3.95. The van der Waals surface area contributed by atoms with Gasteiger partial charge in [-0.1, -0.05) is 0 Å². The highest BCUT2D eigenvalue weighted by Crippen LogP contribution is 2.18. The zero-order chi connectivity index (χ0) is 28.5. The Hall–Kier alpha value is -4.43. The second kappa shape index (κ2) is 13.4. The Morgan fingerprint density at radius 3 is 2.38 bits per heavy atom. The molecule has 0 atom stereocenters. The molecule has 0 aliphatic carbocycles. The largest absolute Gasteiger partial charge is 0.351 e. The van der Waals surface area contributed by atoms with Crippen LogP contribution in [0.5, 0.6) is 0 Å². The molecular weight excluding hydrogens is 504 g/mol. The summed E-state index contributed by atoms with van der Waals surface area (Å²) in [7, 11) is 7.29. The van der Waals surface area contributed by atoms with Crippen LogP contribution in [0, 0.1) is 0 Å². The molecule has 4 amide bonds. The van der Waals surface area contributed by atoms with Crippen LogP contribution < -0.4 is 27.0 Å². The molecule has 0 saturated heterocycles. The lowest BCUT2D eigenvalue weighted by Gasteiger charge is -2.10. The molecule has 3 aromatic heterocycles. The fraction of sp³-hybridized carbons (Fsp3) is 0.400. The molecule has 210 valence electrons. The summed E-state index contributed by atoms with van der Waals surface area (Å²) in [5.41, 5.74) is 7.21. The molecule has 0 bridgehead atoms. The molecule has 0 aliphatic heterocycles. The van der Waals surface area contributed by atoms with E-state index in [0.29, 0.717) is 55.2 Å². The maximum Gasteiger partial charge on any atom is 0.291 e. The van der Waals surface area contributed by atoms with Crippen molar-refractivity contribution < 1.29 is 19.2 Å². The summed E-state index contributed by atoms with van der Waals surface area (Å²) in [6.07, 6.45) is 6.79. The third kappa shape index (κ3) is 7.78. The minimum Gasteiger partial charge on any atom is -0.351 e. The maximum atomic E-state index is 13.0. The number of anilines is 3. The van der Waals surface area contributed by atoms with Crippen molar-refractivity contribution in [3.63, 3.8) is 0 Å². The van der Waals surface area contributed by atoms with Crippen molar-refractivity contribution in [3.05, 3.63) is 47.9 Å². The van der Waals surface area contributed by atoms with E-state index in [1.807, 2.05) is 19.0 Å². The predicted molar refractivity (Wildman–Crippen MR) is 148 cm³/mol. The monoisotopic (exact) mass is 540 g/mol. The van der Waals surface area contributed by atoms with E-state index in [2.05, 4.69) is 26.3 Å². The van der Waals surface area contributed by atoms with Crippen LogP contribution in [0.1, 0.15) is 44.4 Å². The average molecular weight is 541 g/mol. The van der Waals surface area contributed by atoms with Crippen LogP contribution in [-0.2, 0) is 25.4 Å². The Labute approximate surface area is 226 Å². The minimum absolute atomic E-state index is 0.0608. The van der Waals surface area contributed by atoms with Gasteiger partial charge in [-0.3, -0.25) is 19.2 Å². The number of aryl methyl sites for hydroxylation is 3. The van der Waals surface area contributed by atoms with Gasteiger partial charge in [0.1, 0.15) is 11.4 Å². The molecule has 3 rings (SSSR count). The predicted octanol–water partition coefficient (Wildman–Crippen LogP) is 0.663. The first-order chi connectivity index (χ1) is 18.6. The first-order valence-electron chi connectivity index (χ1n) is 12.5. The summed E-state index contributed by atoms with van der Waals surface area (Å²) < 4.78 is 4.81. The van der Waals surface area contributed by atoms with Gasteiger partial charge in [-0.25, -0.2) is 4.98 Å². The Morgan fingerprint density at radius 2 is 1.69 bits per heavy atom. The van der Waals surface area contributed by atoms with Crippen LogP contribution in [0.4, 0.5) is 17.2 Å². The van der Waals surface area contributed by atoms with E-state index in [0.717, 1.165) is 13.0 Å². The van der Waals surface area contributed by atoms with E-state index >= 15 is 0 Å². The van der Waals surface area contributed by atoms with Gasteiger partial charge in [0.15, 0.2) is 5.82 Å². The van der Waals surface area contributed by atoms with Crippen molar-refractivity contribution in [3.8, 4) is 0 Å². The van der Waals surface area contributed by atoms with Gasteiger partial charge in [0.05, 0.1) is 11.4 Å². The van der Waals surface area contributed by atoms with Crippen LogP contribution in [0.25, 0.3) is 0 Å². The number of amides is 4. The molecular formula is C25H36N10O4. The van der Waals surface area contributed by atoms with Crippen LogP contribution in [-0.4, -0.2) is 81.4 Å². The highest BCUT2D eigenvalue weighted by atomic mass is 16.2. The number of nitrogens with zero attached hydrogens (tertiary/aromatic N) is 5. The molecule has 14 heteroatoms. The number of nitrogens with one attached hydrogen (secondary N) is 4. The van der Waals surface area contributed by atoms with Gasteiger partial charge in [-0.05, 0) is 52.2 Å². The van der Waals surface area contributed by atoms with E-state index in [4.69, 9.17) is 5.73 Å². The highest BCUT2D eigenvalue weighted by Gasteiger charge is 2.20. The molecule has 3 aromatic rings. The van der Waals surface area contributed by atoms with E-state index in [1.165, 1.54) is 10.8 Å². The molecule has 14 nitrogen and oxygen atoms in total. The first kappa shape index (κ1) is 29.1. The topological polar surface area (TPSA) is 173 Å². The molecule has 0 fully saturated rings. The first-order valence-corrected chi connectivity index (χ1v) is 12.5. The number of imidazole rings is 1. The normalized spacial score (nSPS) is 10.9. The summed E-state index contributed by atoms with van der Waals surface area (Å²) in [5.74, 6) is -0.965. The van der Waals surface area contributed by atoms with Crippen molar-refractivity contribution in [1.29, 1.82) is 0 Å². The molecule has 6 N–H and O–H groups in total. The Bertz CT molecular complexity index is 1320. The molecule has 0 aromatic carbocycles. The van der Waals surface area contributed by atoms with Gasteiger partial charge in [0.25, 0.3) is 17.7 Å². The molecule has 0 unspecified atom stereocenters. The van der Waals surface area contributed by atoms with Crippen LogP contribution in [0.15, 0.2) is 30.7 Å². The minimum atomic E-state index is -0.509. The van der Waals surface area contributed by atoms with Gasteiger partial charge < -0.3 is 45.6 Å². The molecule has 3 heterocycles. The van der Waals surface area contributed by atoms with Crippen molar-refractivity contribution in [2.45, 2.75) is 19.4 Å². The number of nitrogens with two attached hydrogens (primary N) is 1. The van der Waals surface area contributed by atoms with Crippen molar-refractivity contribution in [2.75, 3.05) is 49.7 Å². The Balaban J connectivity index is 1.66. The summed E-state index contributed by atoms with van der Waals surface area (Å²) in [6.45, 7) is 2.33. The highest BCUT2D eigenvalue weighted by molar-refractivity contribution is 6.05. The second-order valence-corrected chi connectivity index (χ2v) is 9.32. The summed E-state index contributed by atoms with van der Waals surface area (Å²) in [5, 5.41) is 10.8. The standard InChI is InChI=1S/C25H36N10O4/c1-32(2)9-6-8-27-23(37)19-12-18(13-33(19)3)29-25(39)22-30-21(15-34(22)4)31-24(38)20-11-17(28-16-36)14-35(20)10-5-7-26/h11-16H,5-10,26H2,1-4H3,(H,27,37)(H,28,36)(H,29,39)(H,31,38). The van der Waals surface area contributed by atoms with Crippen molar-refractivity contribution in [2.24, 2.45) is 19.8 Å². The van der Waals surface area contributed by atoms with E-state index in [1.54, 1.807) is 47.8 Å². The Kier molecular flexibility index (Phi) is 10.0. The fourth-order valence-electron chi connectivity index (χ4n) is 3.95. The zero-order valence-corrected chi connectivity index (χ0v) is 22.7. The number of aromatic nitrogens is 4. The number of carbonyl (C=O) groups excluding carboxylic acids is 4. The quantitative estimate of drug-likeness (QED) is 0.148. The SMILES string of the molecule is CN(C)CCCNC(=O)c1cc(NC(=O)c2nc(NC(=O)c3cc(NC=O)cn3CCCN)cn2C)cn1C. The lowest BCUT2D eigenvalue weighted by atomic mass is 10.3. The summed E-state index contributed by atoms with van der Waals surface area (Å²) in [6, 6.07) is 3.13. The lowest BCUT2D eigenvalue weighted by Crippen LogP contribution is -2.28. The maximum absolute atomic E-state index is 13.0. The number of hydrogen-bond donors (Lipinski definition) is 5. The molecule has 0 saturated carbocycles. The number of hydrogen-bond acceptors (Lipinski definition) is 7. The van der Waals surface area contributed by atoms with Gasteiger partial charge >= 0.3 is 0 Å². The van der Waals surface area contributed by atoms with Gasteiger partial charge in [0.2, 0.25) is 12.2 Å². The zero-order valence-electron chi connectivity index (χ0n) is 22.7. The second-order valence-electron chi connectivity index (χ2n) is 9.32. The van der Waals surface area contributed by atoms with Crippen LogP contribution in [0.2, 0.25) is 0 Å². The van der Waals surface area contributed by atoms with Gasteiger partial charge in [-0.2, -0.15) is 0 Å². The van der Waals surface area contributed by atoms with E-state index in [9.17, 15) is 19.2 Å². The van der Waals surface area contributed by atoms with Crippen LogP contribution >= 0.6 is 0 Å². The summed E-state index contributed by atoms with van der Waals surface area (Å²) >= 11 is 0. The Morgan fingerprint density at radius 1 is 0.949 bits per heavy atom. The van der Waals surface area contributed by atoms with Gasteiger partial charge in [-0.15, -0.1) is 0 Å². The van der Waals surface area contributed by atoms with Crippen LogP contribution in [0.3, 0.4) is 0 Å². The number of rotatable bonds is 14. The molecule has 0 radical (unpaired) electrons. The molecule has 0 aliphatic rings. The molecule has 0 spiro atoms. The third-order valence-corrected chi connectivity index (χ3v) is 5.84. The average Bonchev–Trinajstić information content (AvgIpc) is 3.56.